The van der Waals surface area contributed by atoms with Crippen molar-refractivity contribution in [1.29, 1.82) is 0 Å². The highest BCUT2D eigenvalue weighted by Crippen LogP contribution is 2.21. The van der Waals surface area contributed by atoms with Crippen LogP contribution in [0.15, 0.2) is 42.7 Å². The SMILES string of the molecule is CCCN(CCC)C(=O)c1cncc(Nc2cccc(NC(C)=O)c2)c1. The Morgan fingerprint density at radius 2 is 1.69 bits per heavy atom. The number of nitrogens with one attached hydrogen (secondary N) is 2. The minimum Gasteiger partial charge on any atom is -0.354 e. The number of pyridine rings is 1. The predicted molar refractivity (Wildman–Crippen MR) is 105 cm³/mol. The Morgan fingerprint density at radius 1 is 1.00 bits per heavy atom. The maximum atomic E-state index is 12.7. The Balaban J connectivity index is 2.16. The van der Waals surface area contributed by atoms with Gasteiger partial charge in [0.1, 0.15) is 0 Å². The minimum absolute atomic E-state index is 0.00292. The molecule has 2 N–H and O–H groups in total. The van der Waals surface area contributed by atoms with Crippen LogP contribution in [0.3, 0.4) is 0 Å². The van der Waals surface area contributed by atoms with Gasteiger partial charge in [0.2, 0.25) is 5.91 Å². The van der Waals surface area contributed by atoms with E-state index in [-0.39, 0.29) is 11.8 Å². The molecule has 0 aliphatic carbocycles. The van der Waals surface area contributed by atoms with Crippen LogP contribution in [0.5, 0.6) is 0 Å². The topological polar surface area (TPSA) is 74.3 Å². The Kier molecular flexibility index (Phi) is 7.14. The van der Waals surface area contributed by atoms with Gasteiger partial charge < -0.3 is 15.5 Å². The van der Waals surface area contributed by atoms with Crippen molar-refractivity contribution in [2.45, 2.75) is 33.6 Å². The Labute approximate surface area is 154 Å². The average molecular weight is 354 g/mol. The molecule has 0 aliphatic heterocycles. The first-order valence-electron chi connectivity index (χ1n) is 8.92. The third-order valence-electron chi connectivity index (χ3n) is 3.73. The maximum Gasteiger partial charge on any atom is 0.255 e. The van der Waals surface area contributed by atoms with E-state index in [2.05, 4.69) is 29.5 Å². The van der Waals surface area contributed by atoms with Crippen LogP contribution in [0, 0.1) is 0 Å². The smallest absolute Gasteiger partial charge is 0.255 e. The molecule has 0 fully saturated rings. The van der Waals surface area contributed by atoms with Crippen LogP contribution in [0.2, 0.25) is 0 Å². The van der Waals surface area contributed by atoms with Crippen LogP contribution >= 0.6 is 0 Å². The summed E-state index contributed by atoms with van der Waals surface area (Å²) in [7, 11) is 0. The van der Waals surface area contributed by atoms with Crippen LogP contribution in [-0.2, 0) is 4.79 Å². The molecular weight excluding hydrogens is 328 g/mol. The third kappa shape index (κ3) is 5.58. The summed E-state index contributed by atoms with van der Waals surface area (Å²) >= 11 is 0. The zero-order valence-corrected chi connectivity index (χ0v) is 15.6. The van der Waals surface area contributed by atoms with Crippen LogP contribution in [0.4, 0.5) is 17.1 Å². The lowest BCUT2D eigenvalue weighted by Gasteiger charge is -2.21. The zero-order chi connectivity index (χ0) is 18.9. The third-order valence-corrected chi connectivity index (χ3v) is 3.73. The van der Waals surface area contributed by atoms with E-state index in [0.29, 0.717) is 11.3 Å². The van der Waals surface area contributed by atoms with E-state index in [1.54, 1.807) is 18.5 Å². The van der Waals surface area contributed by atoms with Gasteiger partial charge in [-0.15, -0.1) is 0 Å². The minimum atomic E-state index is -0.122. The monoisotopic (exact) mass is 354 g/mol. The van der Waals surface area contributed by atoms with Crippen molar-refractivity contribution in [3.8, 4) is 0 Å². The number of hydrogen-bond donors (Lipinski definition) is 2. The van der Waals surface area contributed by atoms with Gasteiger partial charge in [0.15, 0.2) is 0 Å². The Bertz CT molecular complexity index is 755. The number of carbonyl (C=O) groups excluding carboxylic acids is 2. The molecule has 0 radical (unpaired) electrons. The molecule has 1 aromatic carbocycles. The van der Waals surface area contributed by atoms with E-state index in [9.17, 15) is 9.59 Å². The van der Waals surface area contributed by atoms with Gasteiger partial charge in [-0.25, -0.2) is 0 Å². The Hall–Kier alpha value is -2.89. The van der Waals surface area contributed by atoms with E-state index < -0.39 is 0 Å². The molecule has 26 heavy (non-hydrogen) atoms. The second kappa shape index (κ2) is 9.56. The van der Waals surface area contributed by atoms with Gasteiger partial charge in [0.25, 0.3) is 5.91 Å². The van der Waals surface area contributed by atoms with Gasteiger partial charge in [-0.2, -0.15) is 0 Å². The number of benzene rings is 1. The number of amides is 2. The molecule has 0 bridgehead atoms. The fraction of sp³-hybridized carbons (Fsp3) is 0.350. The Morgan fingerprint density at radius 3 is 2.35 bits per heavy atom. The van der Waals surface area contributed by atoms with E-state index in [1.165, 1.54) is 6.92 Å². The number of rotatable bonds is 8. The maximum absolute atomic E-state index is 12.7. The largest absolute Gasteiger partial charge is 0.354 e. The van der Waals surface area contributed by atoms with Crippen molar-refractivity contribution in [2.75, 3.05) is 23.7 Å². The molecule has 1 heterocycles. The van der Waals surface area contributed by atoms with Gasteiger partial charge >= 0.3 is 0 Å². The summed E-state index contributed by atoms with van der Waals surface area (Å²) in [5.74, 6) is -0.125. The van der Waals surface area contributed by atoms with Gasteiger partial charge in [-0.3, -0.25) is 14.6 Å². The standard InChI is InChI=1S/C20H26N4O2/c1-4-9-24(10-5-2)20(26)16-11-19(14-21-13-16)23-18-8-6-7-17(12-18)22-15(3)25/h6-8,11-14,23H,4-5,9-10H2,1-3H3,(H,22,25). The highest BCUT2D eigenvalue weighted by atomic mass is 16.2. The van der Waals surface area contributed by atoms with Crippen LogP contribution in [-0.4, -0.2) is 34.8 Å². The van der Waals surface area contributed by atoms with Crippen molar-refractivity contribution in [3.05, 3.63) is 48.3 Å². The number of carbonyl (C=O) groups is 2. The first-order valence-corrected chi connectivity index (χ1v) is 8.92. The molecule has 0 saturated heterocycles. The molecule has 1 aromatic heterocycles. The summed E-state index contributed by atoms with van der Waals surface area (Å²) in [5, 5.41) is 5.98. The van der Waals surface area contributed by atoms with Crippen LogP contribution in [0.25, 0.3) is 0 Å². The van der Waals surface area contributed by atoms with Crippen molar-refractivity contribution < 1.29 is 9.59 Å². The number of hydrogen-bond acceptors (Lipinski definition) is 4. The van der Waals surface area contributed by atoms with Crippen molar-refractivity contribution in [2.24, 2.45) is 0 Å². The molecule has 0 spiro atoms. The van der Waals surface area contributed by atoms with Crippen LogP contribution in [0.1, 0.15) is 44.0 Å². The lowest BCUT2D eigenvalue weighted by Crippen LogP contribution is -2.32. The summed E-state index contributed by atoms with van der Waals surface area (Å²) in [6.45, 7) is 7.08. The summed E-state index contributed by atoms with van der Waals surface area (Å²) < 4.78 is 0. The van der Waals surface area contributed by atoms with E-state index in [4.69, 9.17) is 0 Å². The molecule has 6 nitrogen and oxygen atoms in total. The van der Waals surface area contributed by atoms with Crippen molar-refractivity contribution >= 4 is 28.9 Å². The van der Waals surface area contributed by atoms with Gasteiger partial charge in [-0.05, 0) is 37.1 Å². The highest BCUT2D eigenvalue weighted by Gasteiger charge is 2.15. The summed E-state index contributed by atoms with van der Waals surface area (Å²) in [5.41, 5.74) is 2.81. The zero-order valence-electron chi connectivity index (χ0n) is 15.6. The fourth-order valence-electron chi connectivity index (χ4n) is 2.71. The molecule has 0 aliphatic rings. The second-order valence-corrected chi connectivity index (χ2v) is 6.14. The van der Waals surface area contributed by atoms with Gasteiger partial charge in [-0.1, -0.05) is 19.9 Å². The summed E-state index contributed by atoms with van der Waals surface area (Å²) in [6.07, 6.45) is 5.12. The molecule has 0 atom stereocenters. The highest BCUT2D eigenvalue weighted by molar-refractivity contribution is 5.95. The van der Waals surface area contributed by atoms with Crippen molar-refractivity contribution in [3.63, 3.8) is 0 Å². The normalized spacial score (nSPS) is 10.3. The fourth-order valence-corrected chi connectivity index (χ4v) is 2.71. The first kappa shape index (κ1) is 19.4. The van der Waals surface area contributed by atoms with Gasteiger partial charge in [0.05, 0.1) is 17.4 Å². The van der Waals surface area contributed by atoms with Gasteiger partial charge in [0, 0.05) is 37.6 Å². The number of nitrogens with zero attached hydrogens (tertiary/aromatic N) is 2. The summed E-state index contributed by atoms with van der Waals surface area (Å²) in [6, 6.07) is 9.19. The lowest BCUT2D eigenvalue weighted by molar-refractivity contribution is -0.114. The molecule has 138 valence electrons. The molecule has 2 aromatic rings. The van der Waals surface area contributed by atoms with Crippen molar-refractivity contribution in [1.82, 2.24) is 9.88 Å². The molecule has 2 amide bonds. The summed E-state index contributed by atoms with van der Waals surface area (Å²) in [4.78, 5) is 30.0. The molecule has 2 rings (SSSR count). The molecular formula is C20H26N4O2. The second-order valence-electron chi connectivity index (χ2n) is 6.14. The predicted octanol–water partition coefficient (Wildman–Crippen LogP) is 4.05. The van der Waals surface area contributed by atoms with E-state index in [0.717, 1.165) is 37.3 Å². The number of anilines is 3. The quantitative estimate of drug-likeness (QED) is 0.750. The first-order chi connectivity index (χ1) is 12.5. The lowest BCUT2D eigenvalue weighted by atomic mass is 10.2. The molecule has 6 heteroatoms. The average Bonchev–Trinajstić information content (AvgIpc) is 2.61. The number of aromatic nitrogens is 1. The molecule has 0 saturated carbocycles. The van der Waals surface area contributed by atoms with E-state index >= 15 is 0 Å². The molecule has 0 unspecified atom stereocenters. The van der Waals surface area contributed by atoms with E-state index in [1.807, 2.05) is 29.2 Å². The van der Waals surface area contributed by atoms with Crippen LogP contribution < -0.4 is 10.6 Å².